The molecule has 2 saturated heterocycles. The molecule has 2 rings (SSSR count). The van der Waals surface area contributed by atoms with Gasteiger partial charge in [-0.15, -0.1) is 0 Å². The van der Waals surface area contributed by atoms with Crippen LogP contribution in [0.2, 0.25) is 0 Å². The van der Waals surface area contributed by atoms with Gasteiger partial charge < -0.3 is 14.2 Å². The number of rotatable bonds is 5. The molecule has 0 aromatic heterocycles. The molecule has 0 spiro atoms. The Morgan fingerprint density at radius 2 is 2.11 bits per heavy atom. The minimum Gasteiger partial charge on any atom is -0.466 e. The van der Waals surface area contributed by atoms with E-state index in [4.69, 9.17) is 14.2 Å². The number of carbonyl (C=O) groups is 1. The minimum absolute atomic E-state index is 0.0964. The number of carbonyl (C=O) groups excluding carboxylic acids is 1. The lowest BCUT2D eigenvalue weighted by Crippen LogP contribution is -2.48. The zero-order valence-electron chi connectivity index (χ0n) is 11.1. The van der Waals surface area contributed by atoms with Gasteiger partial charge in [0.1, 0.15) is 0 Å². The molecule has 5 nitrogen and oxygen atoms in total. The van der Waals surface area contributed by atoms with Crippen molar-refractivity contribution < 1.29 is 19.0 Å². The van der Waals surface area contributed by atoms with Gasteiger partial charge in [-0.05, 0) is 13.3 Å². The van der Waals surface area contributed by atoms with Crippen LogP contribution in [0.4, 0.5) is 0 Å². The maximum Gasteiger partial charge on any atom is 0.307 e. The van der Waals surface area contributed by atoms with E-state index in [1.165, 1.54) is 0 Å². The fourth-order valence-corrected chi connectivity index (χ4v) is 2.75. The van der Waals surface area contributed by atoms with E-state index in [0.29, 0.717) is 18.9 Å². The number of nitrogens with zero attached hydrogens (tertiary/aromatic N) is 1. The van der Waals surface area contributed by atoms with Gasteiger partial charge in [0, 0.05) is 31.7 Å². The third kappa shape index (κ3) is 3.67. The quantitative estimate of drug-likeness (QED) is 0.678. The third-order valence-electron chi connectivity index (χ3n) is 3.70. The van der Waals surface area contributed by atoms with Crippen molar-refractivity contribution >= 4 is 5.97 Å². The second-order valence-electron chi connectivity index (χ2n) is 4.85. The molecule has 104 valence electrons. The van der Waals surface area contributed by atoms with Crippen LogP contribution in [0.25, 0.3) is 0 Å². The second-order valence-corrected chi connectivity index (χ2v) is 4.85. The van der Waals surface area contributed by atoms with E-state index in [0.717, 1.165) is 45.9 Å². The molecule has 2 atom stereocenters. The molecule has 2 aliphatic rings. The molecule has 0 N–H and O–H groups in total. The van der Waals surface area contributed by atoms with E-state index in [-0.39, 0.29) is 12.0 Å². The fourth-order valence-electron chi connectivity index (χ4n) is 2.75. The summed E-state index contributed by atoms with van der Waals surface area (Å²) in [5.41, 5.74) is 0. The van der Waals surface area contributed by atoms with E-state index in [9.17, 15) is 4.79 Å². The Balaban J connectivity index is 1.94. The molecule has 0 amide bonds. The Bertz CT molecular complexity index is 260. The van der Waals surface area contributed by atoms with Crippen molar-refractivity contribution in [1.29, 1.82) is 0 Å². The van der Waals surface area contributed by atoms with Crippen molar-refractivity contribution in [1.82, 2.24) is 4.90 Å². The van der Waals surface area contributed by atoms with E-state index in [2.05, 4.69) is 4.90 Å². The van der Waals surface area contributed by atoms with Crippen LogP contribution < -0.4 is 0 Å². The summed E-state index contributed by atoms with van der Waals surface area (Å²) in [5.74, 6) is 0.355. The summed E-state index contributed by atoms with van der Waals surface area (Å²) in [4.78, 5) is 14.1. The number of esters is 1. The highest BCUT2D eigenvalue weighted by atomic mass is 16.5. The van der Waals surface area contributed by atoms with E-state index < -0.39 is 0 Å². The second kappa shape index (κ2) is 7.07. The summed E-state index contributed by atoms with van der Waals surface area (Å²) < 4.78 is 15.9. The molecule has 2 aliphatic heterocycles. The first kappa shape index (κ1) is 13.8. The van der Waals surface area contributed by atoms with Gasteiger partial charge in [0.05, 0.1) is 32.8 Å². The van der Waals surface area contributed by atoms with E-state index in [1.54, 1.807) is 0 Å². The lowest BCUT2D eigenvalue weighted by atomic mass is 9.94. The van der Waals surface area contributed by atoms with Gasteiger partial charge in [0.15, 0.2) is 0 Å². The van der Waals surface area contributed by atoms with Crippen molar-refractivity contribution in [2.75, 3.05) is 46.1 Å². The van der Waals surface area contributed by atoms with Crippen molar-refractivity contribution in [2.45, 2.75) is 25.8 Å². The van der Waals surface area contributed by atoms with Crippen LogP contribution in [-0.2, 0) is 19.0 Å². The van der Waals surface area contributed by atoms with Crippen LogP contribution in [0.15, 0.2) is 0 Å². The summed E-state index contributed by atoms with van der Waals surface area (Å²) in [5, 5.41) is 0. The average molecular weight is 257 g/mol. The number of hydrogen-bond acceptors (Lipinski definition) is 5. The monoisotopic (exact) mass is 257 g/mol. The Morgan fingerprint density at radius 1 is 1.33 bits per heavy atom. The molecule has 0 saturated carbocycles. The highest BCUT2D eigenvalue weighted by Crippen LogP contribution is 2.24. The molecule has 0 aliphatic carbocycles. The van der Waals surface area contributed by atoms with Gasteiger partial charge in [0.25, 0.3) is 0 Å². The maximum absolute atomic E-state index is 11.7. The molecular formula is C13H23NO4. The van der Waals surface area contributed by atoms with E-state index >= 15 is 0 Å². The molecule has 18 heavy (non-hydrogen) atoms. The van der Waals surface area contributed by atoms with Crippen molar-refractivity contribution in [2.24, 2.45) is 5.92 Å². The summed E-state index contributed by atoms with van der Waals surface area (Å²) in [6, 6.07) is 0.246. The summed E-state index contributed by atoms with van der Waals surface area (Å²) >= 11 is 0. The molecule has 0 aromatic rings. The topological polar surface area (TPSA) is 48.0 Å². The smallest absolute Gasteiger partial charge is 0.307 e. The predicted octanol–water partition coefficient (Wildman–Crippen LogP) is 0.677. The zero-order chi connectivity index (χ0) is 12.8. The average Bonchev–Trinajstić information content (AvgIpc) is 2.91. The molecule has 2 heterocycles. The Kier molecular flexibility index (Phi) is 5.41. The molecular weight excluding hydrogens is 234 g/mol. The molecule has 5 heteroatoms. The number of morpholine rings is 1. The largest absolute Gasteiger partial charge is 0.466 e. The third-order valence-corrected chi connectivity index (χ3v) is 3.70. The van der Waals surface area contributed by atoms with Gasteiger partial charge in [-0.3, -0.25) is 9.69 Å². The van der Waals surface area contributed by atoms with Gasteiger partial charge >= 0.3 is 5.97 Å². The number of ether oxygens (including phenoxy) is 3. The SMILES string of the molecule is CCOC(=O)CC(C1CCOC1)N1CCOCC1. The van der Waals surface area contributed by atoms with Crippen LogP contribution in [0, 0.1) is 5.92 Å². The summed E-state index contributed by atoms with van der Waals surface area (Å²) in [6.07, 6.45) is 1.52. The van der Waals surface area contributed by atoms with Crippen molar-refractivity contribution in [3.8, 4) is 0 Å². The van der Waals surface area contributed by atoms with Gasteiger partial charge in [-0.1, -0.05) is 0 Å². The first-order valence-electron chi connectivity index (χ1n) is 6.86. The predicted molar refractivity (Wildman–Crippen MR) is 66.4 cm³/mol. The van der Waals surface area contributed by atoms with Gasteiger partial charge in [0.2, 0.25) is 0 Å². The molecule has 0 radical (unpaired) electrons. The zero-order valence-corrected chi connectivity index (χ0v) is 11.1. The normalized spacial score (nSPS) is 27.1. The summed E-state index contributed by atoms with van der Waals surface area (Å²) in [6.45, 7) is 7.20. The van der Waals surface area contributed by atoms with Crippen LogP contribution in [-0.4, -0.2) is 63.0 Å². The standard InChI is InChI=1S/C13H23NO4/c1-2-18-13(15)9-12(11-3-6-17-10-11)14-4-7-16-8-5-14/h11-12H,2-10H2,1H3. The molecule has 2 unspecified atom stereocenters. The Hall–Kier alpha value is -0.650. The highest BCUT2D eigenvalue weighted by Gasteiger charge is 2.33. The van der Waals surface area contributed by atoms with Crippen LogP contribution >= 0.6 is 0 Å². The fraction of sp³-hybridized carbons (Fsp3) is 0.923. The summed E-state index contributed by atoms with van der Waals surface area (Å²) in [7, 11) is 0. The maximum atomic E-state index is 11.7. The highest BCUT2D eigenvalue weighted by molar-refractivity contribution is 5.70. The van der Waals surface area contributed by atoms with Crippen molar-refractivity contribution in [3.63, 3.8) is 0 Å². The van der Waals surface area contributed by atoms with Crippen molar-refractivity contribution in [3.05, 3.63) is 0 Å². The Morgan fingerprint density at radius 3 is 2.72 bits per heavy atom. The lowest BCUT2D eigenvalue weighted by molar-refractivity contribution is -0.145. The van der Waals surface area contributed by atoms with Gasteiger partial charge in [-0.2, -0.15) is 0 Å². The molecule has 0 aromatic carbocycles. The van der Waals surface area contributed by atoms with Crippen LogP contribution in [0.3, 0.4) is 0 Å². The number of hydrogen-bond donors (Lipinski definition) is 0. The van der Waals surface area contributed by atoms with Crippen LogP contribution in [0.5, 0.6) is 0 Å². The molecule has 2 fully saturated rings. The minimum atomic E-state index is -0.0964. The van der Waals surface area contributed by atoms with E-state index in [1.807, 2.05) is 6.92 Å². The molecule has 0 bridgehead atoms. The Labute approximate surface area is 108 Å². The van der Waals surface area contributed by atoms with Crippen LogP contribution in [0.1, 0.15) is 19.8 Å². The van der Waals surface area contributed by atoms with Gasteiger partial charge in [-0.25, -0.2) is 0 Å². The lowest BCUT2D eigenvalue weighted by Gasteiger charge is -2.36. The first-order valence-corrected chi connectivity index (χ1v) is 6.86. The first-order chi connectivity index (χ1) is 8.81.